The topological polar surface area (TPSA) is 68.0 Å². The van der Waals surface area contributed by atoms with Crippen LogP contribution in [-0.2, 0) is 0 Å². The van der Waals surface area contributed by atoms with Crippen LogP contribution in [0.4, 0.5) is 5.69 Å². The zero-order valence-corrected chi connectivity index (χ0v) is 19.8. The van der Waals surface area contributed by atoms with E-state index in [4.69, 9.17) is 38.4 Å². The summed E-state index contributed by atoms with van der Waals surface area (Å²) in [5, 5.41) is 11.1. The first-order valence-corrected chi connectivity index (χ1v) is 11.8. The van der Waals surface area contributed by atoms with Crippen LogP contribution in [0.25, 0.3) is 0 Å². The number of hydrogen-bond donors (Lipinski definition) is 2. The number of rotatable bonds is 8. The molecule has 0 aromatic heterocycles. The standard InChI is InChI=1S/C26H28Cl2N2O3/c27-24-14-20(29)15-25(28)26(24)32-17-21(31)16-30-12-10-19(11-13-30)18-6-8-23(9-7-18)33-22-4-2-1-3-5-22/h1-9,14-15,19,21,31H,10-13,16-17,29H2. The Kier molecular flexibility index (Phi) is 7.99. The van der Waals surface area contributed by atoms with Crippen LogP contribution in [0.1, 0.15) is 24.3 Å². The molecule has 3 N–H and O–H groups in total. The molecule has 0 aliphatic carbocycles. The summed E-state index contributed by atoms with van der Waals surface area (Å²) >= 11 is 12.3. The minimum atomic E-state index is -0.638. The van der Waals surface area contributed by atoms with Crippen LogP contribution < -0.4 is 15.2 Å². The number of ether oxygens (including phenoxy) is 2. The van der Waals surface area contributed by atoms with E-state index in [1.807, 2.05) is 42.5 Å². The lowest BCUT2D eigenvalue weighted by molar-refractivity contribution is 0.0595. The Labute approximate surface area is 204 Å². The first-order valence-electron chi connectivity index (χ1n) is 11.1. The van der Waals surface area contributed by atoms with Gasteiger partial charge in [-0.3, -0.25) is 0 Å². The van der Waals surface area contributed by atoms with E-state index >= 15 is 0 Å². The predicted molar refractivity (Wildman–Crippen MR) is 134 cm³/mol. The van der Waals surface area contributed by atoms with Crippen molar-refractivity contribution in [1.82, 2.24) is 4.90 Å². The molecule has 33 heavy (non-hydrogen) atoms. The molecule has 3 aromatic rings. The van der Waals surface area contributed by atoms with Gasteiger partial charge < -0.3 is 25.2 Å². The highest BCUT2D eigenvalue weighted by Crippen LogP contribution is 2.35. The molecule has 1 atom stereocenters. The third-order valence-electron chi connectivity index (χ3n) is 5.83. The van der Waals surface area contributed by atoms with E-state index in [-0.39, 0.29) is 6.61 Å². The average Bonchev–Trinajstić information content (AvgIpc) is 2.80. The molecule has 4 rings (SSSR count). The second-order valence-corrected chi connectivity index (χ2v) is 9.15. The minimum Gasteiger partial charge on any atom is -0.488 e. The Morgan fingerprint density at radius 3 is 2.18 bits per heavy atom. The summed E-state index contributed by atoms with van der Waals surface area (Å²) in [5.74, 6) is 2.53. The Balaban J connectivity index is 1.22. The number of anilines is 1. The monoisotopic (exact) mass is 486 g/mol. The third kappa shape index (κ3) is 6.55. The van der Waals surface area contributed by atoms with Crippen molar-refractivity contribution in [2.75, 3.05) is 32.0 Å². The van der Waals surface area contributed by atoms with Crippen LogP contribution in [0, 0.1) is 0 Å². The van der Waals surface area contributed by atoms with Gasteiger partial charge in [0.1, 0.15) is 24.2 Å². The van der Waals surface area contributed by atoms with Crippen LogP contribution in [-0.4, -0.2) is 42.4 Å². The Bertz CT molecular complexity index is 1020. The lowest BCUT2D eigenvalue weighted by Gasteiger charge is -2.33. The van der Waals surface area contributed by atoms with E-state index in [0.29, 0.717) is 33.9 Å². The molecular formula is C26H28Cl2N2O3. The molecule has 1 unspecified atom stereocenters. The van der Waals surface area contributed by atoms with Gasteiger partial charge in [0.05, 0.1) is 10.0 Å². The zero-order valence-electron chi connectivity index (χ0n) is 18.3. The molecule has 1 heterocycles. The minimum absolute atomic E-state index is 0.117. The molecular weight excluding hydrogens is 459 g/mol. The molecule has 0 bridgehead atoms. The maximum absolute atomic E-state index is 10.4. The number of nitrogen functional groups attached to an aromatic ring is 1. The van der Waals surface area contributed by atoms with Crippen molar-refractivity contribution in [3.63, 3.8) is 0 Å². The number of benzene rings is 3. The summed E-state index contributed by atoms with van der Waals surface area (Å²) in [4.78, 5) is 2.27. The maximum atomic E-state index is 10.4. The number of β-amino-alcohol motifs (C(OH)–C–C–N with tert-alkyl or cyclic N) is 1. The number of likely N-dealkylation sites (tertiary alicyclic amines) is 1. The first kappa shape index (κ1) is 23.7. The summed E-state index contributed by atoms with van der Waals surface area (Å²) in [7, 11) is 0. The van der Waals surface area contributed by atoms with E-state index in [2.05, 4.69) is 17.0 Å². The van der Waals surface area contributed by atoms with E-state index in [1.165, 1.54) is 5.56 Å². The lowest BCUT2D eigenvalue weighted by Crippen LogP contribution is -2.40. The van der Waals surface area contributed by atoms with Gasteiger partial charge in [0.2, 0.25) is 0 Å². The van der Waals surface area contributed by atoms with Gasteiger partial charge in [0.25, 0.3) is 0 Å². The smallest absolute Gasteiger partial charge is 0.156 e. The van der Waals surface area contributed by atoms with Gasteiger partial charge in [-0.25, -0.2) is 0 Å². The van der Waals surface area contributed by atoms with Gasteiger partial charge in [-0.2, -0.15) is 0 Å². The molecule has 1 fully saturated rings. The number of aliphatic hydroxyl groups is 1. The number of piperidine rings is 1. The summed E-state index contributed by atoms with van der Waals surface area (Å²) in [6.45, 7) is 2.51. The molecule has 5 nitrogen and oxygen atoms in total. The molecule has 174 valence electrons. The van der Waals surface area contributed by atoms with Gasteiger partial charge in [-0.15, -0.1) is 0 Å². The molecule has 0 radical (unpaired) electrons. The van der Waals surface area contributed by atoms with Gasteiger partial charge >= 0.3 is 0 Å². The van der Waals surface area contributed by atoms with Gasteiger partial charge in [-0.05, 0) is 73.8 Å². The van der Waals surface area contributed by atoms with E-state index in [0.717, 1.165) is 37.4 Å². The zero-order chi connectivity index (χ0) is 23.2. The number of para-hydroxylation sites is 1. The second-order valence-electron chi connectivity index (χ2n) is 8.34. The third-order valence-corrected chi connectivity index (χ3v) is 6.39. The molecule has 0 saturated carbocycles. The predicted octanol–water partition coefficient (Wildman–Crippen LogP) is 5.99. The van der Waals surface area contributed by atoms with E-state index < -0.39 is 6.10 Å². The largest absolute Gasteiger partial charge is 0.488 e. The van der Waals surface area contributed by atoms with Crippen molar-refractivity contribution in [2.24, 2.45) is 0 Å². The summed E-state index contributed by atoms with van der Waals surface area (Å²) < 4.78 is 11.5. The van der Waals surface area contributed by atoms with Crippen molar-refractivity contribution in [3.8, 4) is 17.2 Å². The van der Waals surface area contributed by atoms with Gasteiger partial charge in [-0.1, -0.05) is 53.5 Å². The Morgan fingerprint density at radius 2 is 1.55 bits per heavy atom. The average molecular weight is 487 g/mol. The number of nitrogens with two attached hydrogens (primary N) is 1. The number of hydrogen-bond acceptors (Lipinski definition) is 5. The van der Waals surface area contributed by atoms with Crippen LogP contribution in [0.15, 0.2) is 66.7 Å². The highest BCUT2D eigenvalue weighted by molar-refractivity contribution is 6.37. The molecule has 3 aromatic carbocycles. The van der Waals surface area contributed by atoms with E-state index in [1.54, 1.807) is 12.1 Å². The second kappa shape index (κ2) is 11.1. The fourth-order valence-electron chi connectivity index (χ4n) is 4.13. The van der Waals surface area contributed by atoms with Crippen molar-refractivity contribution in [2.45, 2.75) is 24.9 Å². The highest BCUT2D eigenvalue weighted by Gasteiger charge is 2.23. The fourth-order valence-corrected chi connectivity index (χ4v) is 4.74. The van der Waals surface area contributed by atoms with Crippen molar-refractivity contribution in [3.05, 3.63) is 82.3 Å². The fraction of sp³-hybridized carbons (Fsp3) is 0.308. The van der Waals surface area contributed by atoms with Crippen molar-refractivity contribution < 1.29 is 14.6 Å². The highest BCUT2D eigenvalue weighted by atomic mass is 35.5. The lowest BCUT2D eigenvalue weighted by atomic mass is 9.89. The Morgan fingerprint density at radius 1 is 0.939 bits per heavy atom. The van der Waals surface area contributed by atoms with E-state index in [9.17, 15) is 5.11 Å². The van der Waals surface area contributed by atoms with Gasteiger partial charge in [0.15, 0.2) is 5.75 Å². The summed E-state index contributed by atoms with van der Waals surface area (Å²) in [6, 6.07) is 21.3. The summed E-state index contributed by atoms with van der Waals surface area (Å²) in [5.41, 5.74) is 7.51. The molecule has 0 spiro atoms. The quantitative estimate of drug-likeness (QED) is 0.382. The van der Waals surface area contributed by atoms with Crippen LogP contribution in [0.3, 0.4) is 0 Å². The SMILES string of the molecule is Nc1cc(Cl)c(OCC(O)CN2CCC(c3ccc(Oc4ccccc4)cc3)CC2)c(Cl)c1. The first-order chi connectivity index (χ1) is 16.0. The Hall–Kier alpha value is -2.44. The molecule has 7 heteroatoms. The number of nitrogens with zero attached hydrogens (tertiary/aromatic N) is 1. The number of halogens is 2. The molecule has 0 amide bonds. The molecule has 1 saturated heterocycles. The van der Waals surface area contributed by atoms with Crippen LogP contribution in [0.5, 0.6) is 17.2 Å². The summed E-state index contributed by atoms with van der Waals surface area (Å²) in [6.07, 6.45) is 1.45. The van der Waals surface area contributed by atoms with Crippen molar-refractivity contribution >= 4 is 28.9 Å². The van der Waals surface area contributed by atoms with Gasteiger partial charge in [0, 0.05) is 12.2 Å². The number of aliphatic hydroxyl groups excluding tert-OH is 1. The van der Waals surface area contributed by atoms with Crippen molar-refractivity contribution in [1.29, 1.82) is 0 Å². The van der Waals surface area contributed by atoms with Crippen LogP contribution in [0.2, 0.25) is 10.0 Å². The maximum Gasteiger partial charge on any atom is 0.156 e. The molecule has 1 aliphatic heterocycles. The molecule has 1 aliphatic rings. The normalized spacial score (nSPS) is 15.8. The van der Waals surface area contributed by atoms with Crippen LogP contribution >= 0.6 is 23.2 Å².